The Morgan fingerprint density at radius 3 is 2.59 bits per heavy atom. The molecule has 2 aliphatic rings. The predicted octanol–water partition coefficient (Wildman–Crippen LogP) is 3.07. The number of carbonyl (C=O) groups excluding carboxylic acids is 2. The van der Waals surface area contributed by atoms with Crippen molar-refractivity contribution >= 4 is 35.1 Å². The van der Waals surface area contributed by atoms with Crippen molar-refractivity contribution in [3.63, 3.8) is 0 Å². The van der Waals surface area contributed by atoms with E-state index in [0.717, 1.165) is 0 Å². The highest BCUT2D eigenvalue weighted by Crippen LogP contribution is 2.34. The number of hydrogen-bond donors (Lipinski definition) is 1. The van der Waals surface area contributed by atoms with Crippen LogP contribution in [0.4, 0.5) is 25.8 Å². The van der Waals surface area contributed by atoms with E-state index in [1.807, 2.05) is 4.90 Å². The molecule has 0 bridgehead atoms. The summed E-state index contributed by atoms with van der Waals surface area (Å²) in [5.41, 5.74) is 1.47. The van der Waals surface area contributed by atoms with Gasteiger partial charge in [-0.3, -0.25) is 14.6 Å². The number of nitrogens with one attached hydrogen (secondary N) is 1. The molecule has 1 unspecified atom stereocenters. The zero-order valence-corrected chi connectivity index (χ0v) is 15.9. The maximum Gasteiger partial charge on any atom is 0.237 e. The first kappa shape index (κ1) is 19.0. The molecule has 2 aromatic rings. The molecular formula is C21H20F2N4O2. The zero-order valence-electron chi connectivity index (χ0n) is 15.9. The fourth-order valence-electron chi connectivity index (χ4n) is 3.70. The summed E-state index contributed by atoms with van der Waals surface area (Å²) in [5, 5.41) is 2.62. The molecule has 0 aromatic heterocycles. The van der Waals surface area contributed by atoms with Crippen LogP contribution in [0.15, 0.2) is 41.4 Å². The maximum absolute atomic E-state index is 14.6. The highest BCUT2D eigenvalue weighted by Gasteiger charge is 2.32. The number of fused-ring (bicyclic) bond motifs is 1. The molecule has 29 heavy (non-hydrogen) atoms. The summed E-state index contributed by atoms with van der Waals surface area (Å²) in [6.45, 7) is 3.74. The SMILES string of the molecule is CC(=O)N1CCN(c2ccc(N=CC3C(=O)Nc4cccc(F)c43)cc2F)CC1. The minimum atomic E-state index is -0.853. The van der Waals surface area contributed by atoms with Gasteiger partial charge >= 0.3 is 0 Å². The number of amides is 2. The fraction of sp³-hybridized carbons (Fsp3) is 0.286. The van der Waals surface area contributed by atoms with Crippen LogP contribution in [0, 0.1) is 11.6 Å². The number of nitrogens with zero attached hydrogens (tertiary/aromatic N) is 3. The second kappa shape index (κ2) is 7.62. The van der Waals surface area contributed by atoms with E-state index < -0.39 is 17.6 Å². The molecule has 1 N–H and O–H groups in total. The van der Waals surface area contributed by atoms with E-state index in [9.17, 15) is 18.4 Å². The van der Waals surface area contributed by atoms with E-state index in [-0.39, 0.29) is 17.4 Å². The monoisotopic (exact) mass is 398 g/mol. The van der Waals surface area contributed by atoms with Crippen molar-refractivity contribution < 1.29 is 18.4 Å². The topological polar surface area (TPSA) is 65.0 Å². The molecule has 2 heterocycles. The molecule has 4 rings (SSSR count). The van der Waals surface area contributed by atoms with Gasteiger partial charge in [-0.05, 0) is 24.3 Å². The summed E-state index contributed by atoms with van der Waals surface area (Å²) in [6.07, 6.45) is 1.34. The highest BCUT2D eigenvalue weighted by molar-refractivity contribution is 6.12. The Hall–Kier alpha value is -3.29. The quantitative estimate of drug-likeness (QED) is 0.809. The number of benzene rings is 2. The Balaban J connectivity index is 1.50. The minimum Gasteiger partial charge on any atom is -0.366 e. The van der Waals surface area contributed by atoms with Crippen LogP contribution in [0.25, 0.3) is 0 Å². The van der Waals surface area contributed by atoms with Crippen LogP contribution >= 0.6 is 0 Å². The molecule has 1 atom stereocenters. The second-order valence-corrected chi connectivity index (χ2v) is 7.07. The van der Waals surface area contributed by atoms with Gasteiger partial charge in [0.25, 0.3) is 0 Å². The molecule has 1 fully saturated rings. The summed E-state index contributed by atoms with van der Waals surface area (Å²) in [4.78, 5) is 31.4. The van der Waals surface area contributed by atoms with Crippen LogP contribution in [-0.2, 0) is 9.59 Å². The van der Waals surface area contributed by atoms with E-state index >= 15 is 0 Å². The lowest BCUT2D eigenvalue weighted by molar-refractivity contribution is -0.129. The molecule has 1 saturated heterocycles. The molecule has 0 spiro atoms. The average Bonchev–Trinajstić information content (AvgIpc) is 3.03. The highest BCUT2D eigenvalue weighted by atomic mass is 19.1. The van der Waals surface area contributed by atoms with Gasteiger partial charge in [-0.1, -0.05) is 6.07 Å². The van der Waals surface area contributed by atoms with E-state index in [1.54, 1.807) is 23.1 Å². The number of halogens is 2. The summed E-state index contributed by atoms with van der Waals surface area (Å²) >= 11 is 0. The summed E-state index contributed by atoms with van der Waals surface area (Å²) in [6, 6.07) is 9.03. The summed E-state index contributed by atoms with van der Waals surface area (Å²) < 4.78 is 28.7. The lowest BCUT2D eigenvalue weighted by Crippen LogP contribution is -2.48. The van der Waals surface area contributed by atoms with Gasteiger partial charge in [0, 0.05) is 56.6 Å². The Kier molecular flexibility index (Phi) is 5.00. The number of rotatable bonds is 3. The Morgan fingerprint density at radius 2 is 1.90 bits per heavy atom. The van der Waals surface area contributed by atoms with E-state index in [4.69, 9.17) is 0 Å². The summed E-state index contributed by atoms with van der Waals surface area (Å²) in [5.74, 6) is -2.12. The second-order valence-electron chi connectivity index (χ2n) is 7.07. The van der Waals surface area contributed by atoms with Gasteiger partial charge < -0.3 is 15.1 Å². The van der Waals surface area contributed by atoms with Gasteiger partial charge in [0.15, 0.2) is 0 Å². The van der Waals surface area contributed by atoms with E-state index in [1.165, 1.54) is 31.3 Å². The molecule has 8 heteroatoms. The van der Waals surface area contributed by atoms with Crippen molar-refractivity contribution in [3.8, 4) is 0 Å². The van der Waals surface area contributed by atoms with Gasteiger partial charge in [0.1, 0.15) is 17.6 Å². The Bertz CT molecular complexity index is 1000. The van der Waals surface area contributed by atoms with Gasteiger partial charge in [0.2, 0.25) is 11.8 Å². The van der Waals surface area contributed by atoms with Crippen LogP contribution < -0.4 is 10.2 Å². The largest absolute Gasteiger partial charge is 0.366 e. The molecule has 0 saturated carbocycles. The van der Waals surface area contributed by atoms with E-state index in [0.29, 0.717) is 43.2 Å². The van der Waals surface area contributed by atoms with E-state index in [2.05, 4.69) is 10.3 Å². The van der Waals surface area contributed by atoms with Gasteiger partial charge in [-0.15, -0.1) is 0 Å². The van der Waals surface area contributed by atoms with Crippen molar-refractivity contribution in [2.24, 2.45) is 4.99 Å². The first-order chi connectivity index (χ1) is 13.9. The van der Waals surface area contributed by atoms with Gasteiger partial charge in [-0.25, -0.2) is 8.78 Å². The number of piperazine rings is 1. The van der Waals surface area contributed by atoms with Crippen LogP contribution in [-0.4, -0.2) is 49.1 Å². The zero-order chi connectivity index (χ0) is 20.5. The minimum absolute atomic E-state index is 0.0174. The number of aliphatic imine (C=N–C) groups is 1. The first-order valence-corrected chi connectivity index (χ1v) is 9.37. The van der Waals surface area contributed by atoms with Gasteiger partial charge in [-0.2, -0.15) is 0 Å². The van der Waals surface area contributed by atoms with Crippen molar-refractivity contribution in [2.45, 2.75) is 12.8 Å². The maximum atomic E-state index is 14.6. The van der Waals surface area contributed by atoms with Crippen LogP contribution in [0.1, 0.15) is 18.4 Å². The normalized spacial score (nSPS) is 18.9. The molecule has 0 radical (unpaired) electrons. The van der Waals surface area contributed by atoms with Crippen LogP contribution in [0.3, 0.4) is 0 Å². The van der Waals surface area contributed by atoms with Crippen LogP contribution in [0.5, 0.6) is 0 Å². The average molecular weight is 398 g/mol. The lowest BCUT2D eigenvalue weighted by Gasteiger charge is -2.35. The number of hydrogen-bond acceptors (Lipinski definition) is 4. The van der Waals surface area contributed by atoms with Gasteiger partial charge in [0.05, 0.1) is 11.4 Å². The molecule has 2 aliphatic heterocycles. The number of anilines is 2. The molecule has 2 aromatic carbocycles. The Morgan fingerprint density at radius 1 is 1.14 bits per heavy atom. The fourth-order valence-corrected chi connectivity index (χ4v) is 3.70. The molecule has 6 nitrogen and oxygen atoms in total. The third-order valence-electron chi connectivity index (χ3n) is 5.27. The van der Waals surface area contributed by atoms with Crippen molar-refractivity contribution in [1.82, 2.24) is 4.90 Å². The summed E-state index contributed by atoms with van der Waals surface area (Å²) in [7, 11) is 0. The Labute approximate surface area is 166 Å². The van der Waals surface area contributed by atoms with Crippen molar-refractivity contribution in [1.29, 1.82) is 0 Å². The van der Waals surface area contributed by atoms with Crippen molar-refractivity contribution in [2.75, 3.05) is 36.4 Å². The molecular weight excluding hydrogens is 378 g/mol. The van der Waals surface area contributed by atoms with Crippen molar-refractivity contribution in [3.05, 3.63) is 53.6 Å². The standard InChI is InChI=1S/C21H20F2N4O2/c1-13(28)26-7-9-27(10-8-26)19-6-5-14(11-17(19)23)24-12-15-20-16(22)3-2-4-18(20)25-21(15)29/h2-6,11-12,15H,7-10H2,1H3,(H,25,29). The first-order valence-electron chi connectivity index (χ1n) is 9.37. The predicted molar refractivity (Wildman–Crippen MR) is 107 cm³/mol. The molecule has 0 aliphatic carbocycles. The molecule has 150 valence electrons. The third kappa shape index (κ3) is 3.70. The smallest absolute Gasteiger partial charge is 0.237 e. The van der Waals surface area contributed by atoms with Crippen LogP contribution in [0.2, 0.25) is 0 Å². The third-order valence-corrected chi connectivity index (χ3v) is 5.27. The number of carbonyl (C=O) groups is 2. The lowest BCUT2D eigenvalue weighted by atomic mass is 10.0. The molecule has 2 amide bonds.